The number of aliphatic imine (C=N–C) groups is 1. The third-order valence-electron chi connectivity index (χ3n) is 1.55. The third kappa shape index (κ3) is 3.89. The van der Waals surface area contributed by atoms with Crippen LogP contribution in [0.15, 0.2) is 9.52 Å². The first-order valence-corrected chi connectivity index (χ1v) is 5.61. The summed E-state index contributed by atoms with van der Waals surface area (Å²) in [5.41, 5.74) is 10.3. The minimum Gasteiger partial charge on any atom is -0.370 e. The summed E-state index contributed by atoms with van der Waals surface area (Å²) < 4.78 is 5.01. The van der Waals surface area contributed by atoms with Gasteiger partial charge in [0.05, 0.1) is 5.75 Å². The van der Waals surface area contributed by atoms with Gasteiger partial charge in [-0.2, -0.15) is 9.98 Å². The largest absolute Gasteiger partial charge is 0.370 e. The molecular weight excluding hydrogens is 228 g/mol. The molecule has 1 rings (SSSR count). The Morgan fingerprint density at radius 1 is 1.56 bits per heavy atom. The summed E-state index contributed by atoms with van der Waals surface area (Å²) in [6, 6.07) is 0. The molecule has 0 aliphatic heterocycles. The van der Waals surface area contributed by atoms with Crippen LogP contribution in [0.4, 0.5) is 0 Å². The molecule has 0 saturated heterocycles. The van der Waals surface area contributed by atoms with Crippen molar-refractivity contribution in [3.63, 3.8) is 0 Å². The van der Waals surface area contributed by atoms with E-state index in [9.17, 15) is 0 Å². The van der Waals surface area contributed by atoms with E-state index in [0.717, 1.165) is 11.8 Å². The molecule has 0 atom stereocenters. The van der Waals surface area contributed by atoms with Crippen LogP contribution in [0.1, 0.15) is 31.5 Å². The van der Waals surface area contributed by atoms with Crippen LogP contribution in [-0.2, 0) is 5.75 Å². The average molecular weight is 242 g/mol. The molecule has 0 aromatic carbocycles. The molecule has 0 spiro atoms. The van der Waals surface area contributed by atoms with E-state index in [1.54, 1.807) is 0 Å². The Labute approximate surface area is 97.2 Å². The number of guanidine groups is 1. The molecule has 0 aliphatic carbocycles. The van der Waals surface area contributed by atoms with Crippen molar-refractivity contribution < 1.29 is 4.52 Å². The van der Waals surface area contributed by atoms with Gasteiger partial charge in [0.1, 0.15) is 0 Å². The minimum absolute atomic E-state index is 0.0240. The lowest BCUT2D eigenvalue weighted by atomic mass is 10.2. The van der Waals surface area contributed by atoms with Gasteiger partial charge in [-0.05, 0) is 0 Å². The Bertz CT molecular complexity index is 395. The zero-order valence-electron chi connectivity index (χ0n) is 9.10. The molecule has 1 aromatic rings. The summed E-state index contributed by atoms with van der Waals surface area (Å²) in [6.07, 6.45) is 0. The van der Waals surface area contributed by atoms with Gasteiger partial charge in [-0.3, -0.25) is 5.41 Å². The summed E-state index contributed by atoms with van der Waals surface area (Å²) in [5.74, 6) is 1.59. The Morgan fingerprint density at radius 2 is 2.25 bits per heavy atom. The maximum absolute atomic E-state index is 7.39. The predicted octanol–water partition coefficient (Wildman–Crippen LogP) is 0.634. The molecule has 7 nitrogen and oxygen atoms in total. The highest BCUT2D eigenvalue weighted by molar-refractivity contribution is 8.13. The fraction of sp³-hybridized carbons (Fsp3) is 0.500. The van der Waals surface area contributed by atoms with E-state index in [-0.39, 0.29) is 17.0 Å². The zero-order chi connectivity index (χ0) is 12.1. The lowest BCUT2D eigenvalue weighted by Gasteiger charge is -1.95. The molecule has 16 heavy (non-hydrogen) atoms. The van der Waals surface area contributed by atoms with Gasteiger partial charge in [-0.25, -0.2) is 0 Å². The van der Waals surface area contributed by atoms with Gasteiger partial charge in [-0.1, -0.05) is 30.8 Å². The van der Waals surface area contributed by atoms with Crippen molar-refractivity contribution in [2.24, 2.45) is 16.5 Å². The molecule has 0 radical (unpaired) electrons. The van der Waals surface area contributed by atoms with E-state index in [1.807, 2.05) is 13.8 Å². The lowest BCUT2D eigenvalue weighted by molar-refractivity contribution is 0.362. The highest BCUT2D eigenvalue weighted by atomic mass is 32.2. The third-order valence-corrected chi connectivity index (χ3v) is 2.31. The minimum atomic E-state index is -0.131. The Kier molecular flexibility index (Phi) is 4.29. The summed E-state index contributed by atoms with van der Waals surface area (Å²) in [6.45, 7) is 3.93. The molecule has 0 fully saturated rings. The first-order valence-electron chi connectivity index (χ1n) is 4.62. The van der Waals surface area contributed by atoms with Crippen LogP contribution >= 0.6 is 11.8 Å². The number of nitrogens with two attached hydrogens (primary N) is 2. The second-order valence-electron chi connectivity index (χ2n) is 3.33. The fourth-order valence-corrected chi connectivity index (χ4v) is 1.40. The van der Waals surface area contributed by atoms with E-state index >= 15 is 0 Å². The van der Waals surface area contributed by atoms with Crippen LogP contribution in [0.25, 0.3) is 0 Å². The van der Waals surface area contributed by atoms with Crippen molar-refractivity contribution in [2.75, 3.05) is 0 Å². The number of hydrogen-bond acceptors (Lipinski definition) is 5. The maximum Gasteiger partial charge on any atom is 0.229 e. The average Bonchev–Trinajstić information content (AvgIpc) is 2.61. The van der Waals surface area contributed by atoms with Crippen LogP contribution in [0.2, 0.25) is 0 Å². The van der Waals surface area contributed by atoms with E-state index in [1.165, 1.54) is 0 Å². The first kappa shape index (κ1) is 12.5. The smallest absolute Gasteiger partial charge is 0.229 e. The van der Waals surface area contributed by atoms with Crippen LogP contribution in [0.3, 0.4) is 0 Å². The molecule has 0 unspecified atom stereocenters. The van der Waals surface area contributed by atoms with Crippen molar-refractivity contribution in [1.29, 1.82) is 5.41 Å². The summed E-state index contributed by atoms with van der Waals surface area (Å²) in [7, 11) is 0. The first-order chi connectivity index (χ1) is 7.49. The van der Waals surface area contributed by atoms with Gasteiger partial charge < -0.3 is 16.0 Å². The second kappa shape index (κ2) is 5.50. The Hall–Kier alpha value is -1.57. The van der Waals surface area contributed by atoms with Crippen molar-refractivity contribution >= 4 is 22.9 Å². The Balaban J connectivity index is 2.49. The fourth-order valence-electron chi connectivity index (χ4n) is 0.843. The molecule has 5 N–H and O–H groups in total. The number of nitrogens with zero attached hydrogens (tertiary/aromatic N) is 3. The van der Waals surface area contributed by atoms with Crippen molar-refractivity contribution in [2.45, 2.75) is 25.5 Å². The summed E-state index contributed by atoms with van der Waals surface area (Å²) >= 11 is 1.13. The van der Waals surface area contributed by atoms with Gasteiger partial charge in [-0.15, -0.1) is 0 Å². The van der Waals surface area contributed by atoms with Crippen LogP contribution in [0, 0.1) is 5.41 Å². The van der Waals surface area contributed by atoms with Crippen molar-refractivity contribution in [3.05, 3.63) is 11.7 Å². The van der Waals surface area contributed by atoms with Gasteiger partial charge in [0.2, 0.25) is 5.89 Å². The normalized spacial score (nSPS) is 10.4. The van der Waals surface area contributed by atoms with E-state index in [0.29, 0.717) is 17.5 Å². The summed E-state index contributed by atoms with van der Waals surface area (Å²) in [4.78, 5) is 7.72. The number of hydrogen-bond donors (Lipinski definition) is 3. The van der Waals surface area contributed by atoms with Gasteiger partial charge in [0.15, 0.2) is 17.0 Å². The quantitative estimate of drug-likeness (QED) is 0.527. The molecule has 1 heterocycles. The van der Waals surface area contributed by atoms with Crippen molar-refractivity contribution in [1.82, 2.24) is 10.1 Å². The second-order valence-corrected chi connectivity index (χ2v) is 4.30. The highest BCUT2D eigenvalue weighted by Crippen LogP contribution is 2.15. The number of rotatable bonds is 3. The van der Waals surface area contributed by atoms with Crippen LogP contribution < -0.4 is 11.5 Å². The van der Waals surface area contributed by atoms with E-state index in [4.69, 9.17) is 21.4 Å². The zero-order valence-corrected chi connectivity index (χ0v) is 9.91. The van der Waals surface area contributed by atoms with Gasteiger partial charge >= 0.3 is 0 Å². The maximum atomic E-state index is 7.39. The van der Waals surface area contributed by atoms with E-state index < -0.39 is 0 Å². The monoisotopic (exact) mass is 242 g/mol. The molecular formula is C8H14N6OS. The molecule has 0 aliphatic rings. The van der Waals surface area contributed by atoms with Crippen molar-refractivity contribution in [3.8, 4) is 0 Å². The van der Waals surface area contributed by atoms with Gasteiger partial charge in [0.25, 0.3) is 0 Å². The van der Waals surface area contributed by atoms with E-state index in [2.05, 4.69) is 15.1 Å². The SMILES string of the molecule is CC(C)c1nc(CSC(=N)N=C(N)N)no1. The van der Waals surface area contributed by atoms with Gasteiger partial charge in [0, 0.05) is 5.92 Å². The standard InChI is InChI=1S/C8H14N6OS/c1-4(2)6-12-5(14-15-6)3-16-8(11)13-7(9)10/h4H,3H2,1-2H3,(H5,9,10,11,13). The molecule has 0 amide bonds. The predicted molar refractivity (Wildman–Crippen MR) is 63.2 cm³/mol. The molecule has 8 heteroatoms. The summed E-state index contributed by atoms with van der Waals surface area (Å²) in [5, 5.41) is 11.2. The number of nitrogens with one attached hydrogen (secondary N) is 1. The number of thioether (sulfide) groups is 1. The van der Waals surface area contributed by atoms with Crippen LogP contribution in [-0.4, -0.2) is 21.3 Å². The topological polar surface area (TPSA) is 127 Å². The molecule has 0 bridgehead atoms. The Morgan fingerprint density at radius 3 is 2.75 bits per heavy atom. The highest BCUT2D eigenvalue weighted by Gasteiger charge is 2.10. The molecule has 1 aromatic heterocycles. The number of amidine groups is 1. The number of aromatic nitrogens is 2. The molecule has 88 valence electrons. The van der Waals surface area contributed by atoms with Crippen LogP contribution in [0.5, 0.6) is 0 Å². The molecule has 0 saturated carbocycles. The lowest BCUT2D eigenvalue weighted by Crippen LogP contribution is -2.23.